The van der Waals surface area contributed by atoms with Crippen molar-refractivity contribution in [1.82, 2.24) is 0 Å². The van der Waals surface area contributed by atoms with E-state index in [1.165, 1.54) is 20.1 Å². The Kier molecular flexibility index (Phi) is 7.83. The van der Waals surface area contributed by atoms with E-state index in [0.29, 0.717) is 5.57 Å². The van der Waals surface area contributed by atoms with Crippen molar-refractivity contribution >= 4 is 17.5 Å². The smallest absolute Gasteiger partial charge is 0.339 e. The third-order valence-corrected chi connectivity index (χ3v) is 3.00. The van der Waals surface area contributed by atoms with Crippen molar-refractivity contribution in [2.75, 3.05) is 20.3 Å². The molecule has 1 aromatic heterocycles. The first-order valence-electron chi connectivity index (χ1n) is 7.27. The molecule has 0 unspecified atom stereocenters. The quantitative estimate of drug-likeness (QED) is 0.483. The lowest BCUT2D eigenvalue weighted by atomic mass is 10.2. The van der Waals surface area contributed by atoms with Gasteiger partial charge >= 0.3 is 17.6 Å². The van der Waals surface area contributed by atoms with Crippen LogP contribution in [0.3, 0.4) is 0 Å². The summed E-state index contributed by atoms with van der Waals surface area (Å²) in [6.07, 6.45) is -1.76. The van der Waals surface area contributed by atoms with Crippen LogP contribution < -0.4 is 10.4 Å². The van der Waals surface area contributed by atoms with E-state index < -0.39 is 43.0 Å². The molecule has 9 nitrogen and oxygen atoms in total. The molecule has 0 aliphatic heterocycles. The number of hydrogen-bond donors (Lipinski definition) is 2. The van der Waals surface area contributed by atoms with E-state index in [4.69, 9.17) is 13.9 Å². The molecule has 0 amide bonds. The van der Waals surface area contributed by atoms with Crippen molar-refractivity contribution in [1.29, 1.82) is 0 Å². The van der Waals surface area contributed by atoms with Crippen LogP contribution in [0, 0.1) is 0 Å². The lowest BCUT2D eigenvalue weighted by Crippen LogP contribution is -2.35. The topological polar surface area (TPSA) is 133 Å². The Morgan fingerprint density at radius 2 is 1.76 bits per heavy atom. The van der Waals surface area contributed by atoms with E-state index in [-0.39, 0.29) is 11.5 Å². The Hall–Kier alpha value is -2.65. The summed E-state index contributed by atoms with van der Waals surface area (Å²) in [6.45, 7) is 1.75. The highest BCUT2D eigenvalue weighted by atomic mass is 16.6. The van der Waals surface area contributed by atoms with Gasteiger partial charge in [0.2, 0.25) is 0 Å². The third kappa shape index (κ3) is 7.19. The average Bonchev–Trinajstić information content (AvgIpc) is 2.56. The normalized spacial score (nSPS) is 13.7. The lowest BCUT2D eigenvalue weighted by molar-refractivity contribution is -0.151. The van der Waals surface area contributed by atoms with Crippen LogP contribution in [0.2, 0.25) is 0 Å². The van der Waals surface area contributed by atoms with Crippen LogP contribution in [0.4, 0.5) is 0 Å². The SMILES string of the molecule is COc1cc(/C(C)=C/C(=O)OC[C@@H](O)[C@H](O)COC(C)=O)oc(=O)c1. The van der Waals surface area contributed by atoms with Gasteiger partial charge < -0.3 is 28.8 Å². The zero-order valence-corrected chi connectivity index (χ0v) is 14.1. The summed E-state index contributed by atoms with van der Waals surface area (Å²) >= 11 is 0. The van der Waals surface area contributed by atoms with Gasteiger partial charge in [0.25, 0.3) is 0 Å². The number of aliphatic hydroxyl groups excluding tert-OH is 2. The van der Waals surface area contributed by atoms with Gasteiger partial charge in [-0.15, -0.1) is 0 Å². The summed E-state index contributed by atoms with van der Waals surface area (Å²) in [7, 11) is 1.38. The van der Waals surface area contributed by atoms with Gasteiger partial charge in [-0.05, 0) is 12.5 Å². The number of carbonyl (C=O) groups is 2. The standard InChI is InChI=1S/C16H20O9/c1-9(14-5-11(22-3)6-16(21)25-14)4-15(20)24-8-13(19)12(18)7-23-10(2)17/h4-6,12-13,18-19H,7-8H2,1-3H3/b9-4+/t12-,13-/m1/s1. The number of esters is 2. The molecule has 1 rings (SSSR count). The minimum Gasteiger partial charge on any atom is -0.496 e. The summed E-state index contributed by atoms with van der Waals surface area (Å²) in [5, 5.41) is 19.1. The summed E-state index contributed by atoms with van der Waals surface area (Å²) in [4.78, 5) is 33.7. The summed E-state index contributed by atoms with van der Waals surface area (Å²) in [5.41, 5.74) is -0.338. The van der Waals surface area contributed by atoms with Gasteiger partial charge in [0.05, 0.1) is 13.2 Å². The lowest BCUT2D eigenvalue weighted by Gasteiger charge is -2.16. The zero-order valence-electron chi connectivity index (χ0n) is 14.1. The van der Waals surface area contributed by atoms with Crippen LogP contribution in [0.5, 0.6) is 5.75 Å². The molecule has 1 heterocycles. The fourth-order valence-corrected chi connectivity index (χ4v) is 1.65. The van der Waals surface area contributed by atoms with Gasteiger partial charge in [-0.2, -0.15) is 0 Å². The first kappa shape index (κ1) is 20.4. The molecule has 0 saturated heterocycles. The molecule has 0 bridgehead atoms. The van der Waals surface area contributed by atoms with Crippen LogP contribution in [-0.4, -0.2) is 54.7 Å². The molecule has 9 heteroatoms. The number of carbonyl (C=O) groups excluding carboxylic acids is 2. The molecular formula is C16H20O9. The second-order valence-electron chi connectivity index (χ2n) is 5.08. The number of hydrogen-bond acceptors (Lipinski definition) is 9. The Bertz CT molecular complexity index is 689. The van der Waals surface area contributed by atoms with E-state index in [9.17, 15) is 24.6 Å². The van der Waals surface area contributed by atoms with Crippen LogP contribution in [0.1, 0.15) is 19.6 Å². The predicted molar refractivity (Wildman–Crippen MR) is 84.8 cm³/mol. The molecule has 0 saturated carbocycles. The first-order chi connectivity index (χ1) is 11.7. The van der Waals surface area contributed by atoms with Crippen molar-refractivity contribution in [3.63, 3.8) is 0 Å². The summed E-state index contributed by atoms with van der Waals surface area (Å²) in [6, 6.07) is 2.58. The summed E-state index contributed by atoms with van der Waals surface area (Å²) in [5.74, 6) is -1.03. The molecule has 2 atom stereocenters. The zero-order chi connectivity index (χ0) is 19.0. The van der Waals surface area contributed by atoms with Crippen LogP contribution in [0.15, 0.2) is 27.4 Å². The first-order valence-corrected chi connectivity index (χ1v) is 7.27. The third-order valence-electron chi connectivity index (χ3n) is 3.00. The Morgan fingerprint density at radius 3 is 2.32 bits per heavy atom. The molecule has 0 fully saturated rings. The monoisotopic (exact) mass is 356 g/mol. The van der Waals surface area contributed by atoms with E-state index in [0.717, 1.165) is 19.1 Å². The van der Waals surface area contributed by atoms with Crippen molar-refractivity contribution in [2.24, 2.45) is 0 Å². The number of methoxy groups -OCH3 is 1. The van der Waals surface area contributed by atoms with Gasteiger partial charge in [0.1, 0.15) is 36.9 Å². The number of ether oxygens (including phenoxy) is 3. The Morgan fingerprint density at radius 1 is 1.16 bits per heavy atom. The molecule has 0 aliphatic rings. The number of rotatable bonds is 8. The second-order valence-corrected chi connectivity index (χ2v) is 5.08. The van der Waals surface area contributed by atoms with E-state index >= 15 is 0 Å². The highest BCUT2D eigenvalue weighted by Gasteiger charge is 2.19. The number of aliphatic hydroxyl groups is 2. The van der Waals surface area contributed by atoms with Gasteiger partial charge in [-0.1, -0.05) is 0 Å². The minimum absolute atomic E-state index is 0.122. The predicted octanol–water partition coefficient (Wildman–Crippen LogP) is -0.120. The van der Waals surface area contributed by atoms with Crippen LogP contribution >= 0.6 is 0 Å². The Balaban J connectivity index is 2.62. The van der Waals surface area contributed by atoms with Crippen molar-refractivity contribution < 1.29 is 38.4 Å². The fourth-order valence-electron chi connectivity index (χ4n) is 1.65. The van der Waals surface area contributed by atoms with Crippen LogP contribution in [0.25, 0.3) is 5.57 Å². The van der Waals surface area contributed by atoms with Crippen molar-refractivity contribution in [3.8, 4) is 5.75 Å². The van der Waals surface area contributed by atoms with E-state index in [2.05, 4.69) is 4.74 Å². The van der Waals surface area contributed by atoms with Gasteiger partial charge in [0, 0.05) is 19.1 Å². The largest absolute Gasteiger partial charge is 0.496 e. The highest BCUT2D eigenvalue weighted by Crippen LogP contribution is 2.17. The van der Waals surface area contributed by atoms with Gasteiger partial charge in [0.15, 0.2) is 0 Å². The maximum Gasteiger partial charge on any atom is 0.339 e. The molecule has 138 valence electrons. The maximum atomic E-state index is 11.7. The van der Waals surface area contributed by atoms with Crippen molar-refractivity contribution in [3.05, 3.63) is 34.4 Å². The molecular weight excluding hydrogens is 336 g/mol. The highest BCUT2D eigenvalue weighted by molar-refractivity contribution is 5.90. The fraction of sp³-hybridized carbons (Fsp3) is 0.438. The molecule has 1 aromatic rings. The molecule has 0 spiro atoms. The molecule has 0 aromatic carbocycles. The summed E-state index contributed by atoms with van der Waals surface area (Å²) < 4.78 is 19.2. The molecule has 2 N–H and O–H groups in total. The second kappa shape index (κ2) is 9.60. The molecule has 25 heavy (non-hydrogen) atoms. The van der Waals surface area contributed by atoms with Gasteiger partial charge in [-0.3, -0.25) is 4.79 Å². The Labute approximate surface area is 143 Å². The van der Waals surface area contributed by atoms with Gasteiger partial charge in [-0.25, -0.2) is 9.59 Å². The van der Waals surface area contributed by atoms with Crippen LogP contribution in [-0.2, 0) is 19.1 Å². The average molecular weight is 356 g/mol. The number of allylic oxidation sites excluding steroid dienone is 1. The molecule has 0 aliphatic carbocycles. The molecule has 0 radical (unpaired) electrons. The maximum absolute atomic E-state index is 11.7. The van der Waals surface area contributed by atoms with E-state index in [1.54, 1.807) is 0 Å². The van der Waals surface area contributed by atoms with Crippen molar-refractivity contribution in [2.45, 2.75) is 26.1 Å². The van der Waals surface area contributed by atoms with E-state index in [1.807, 2.05) is 0 Å². The minimum atomic E-state index is -1.42.